The molecule has 1 aromatic carbocycles. The van der Waals surface area contributed by atoms with Crippen LogP contribution in [0.5, 0.6) is 0 Å². The van der Waals surface area contributed by atoms with Crippen LogP contribution in [0, 0.1) is 6.92 Å². The third kappa shape index (κ3) is 2.11. The van der Waals surface area contributed by atoms with Gasteiger partial charge in [-0.3, -0.25) is 4.99 Å². The second-order valence-electron chi connectivity index (χ2n) is 5.42. The first-order valence-corrected chi connectivity index (χ1v) is 8.69. The standard InChI is InChI=1S/C16H16N2OS2/c1-9-7-11-3-4-12(8-13(11)20-9)14-15(10(2)19)21-16-17-5-6-18(14)16/h3-4,7-8,10,19H,5-6H2,1-2H3. The Bertz CT molecular complexity index is 789. The Morgan fingerprint density at radius 1 is 1.33 bits per heavy atom. The van der Waals surface area contributed by atoms with Crippen molar-refractivity contribution in [2.24, 2.45) is 4.99 Å². The highest BCUT2D eigenvalue weighted by Crippen LogP contribution is 2.44. The van der Waals surface area contributed by atoms with Crippen molar-refractivity contribution in [1.82, 2.24) is 4.90 Å². The number of aryl methyl sites for hydroxylation is 1. The molecular formula is C16H16N2OS2. The zero-order chi connectivity index (χ0) is 14.6. The van der Waals surface area contributed by atoms with Gasteiger partial charge in [-0.2, -0.15) is 0 Å². The van der Waals surface area contributed by atoms with Crippen LogP contribution in [0.4, 0.5) is 0 Å². The van der Waals surface area contributed by atoms with Crippen LogP contribution in [-0.4, -0.2) is 34.4 Å². The number of thiophene rings is 1. The summed E-state index contributed by atoms with van der Waals surface area (Å²) in [5.41, 5.74) is 2.32. The van der Waals surface area contributed by atoms with E-state index >= 15 is 0 Å². The van der Waals surface area contributed by atoms with Crippen LogP contribution in [0.25, 0.3) is 15.8 Å². The van der Waals surface area contributed by atoms with E-state index < -0.39 is 6.10 Å². The Labute approximate surface area is 132 Å². The number of aliphatic hydroxyl groups is 1. The van der Waals surface area contributed by atoms with Crippen molar-refractivity contribution in [3.05, 3.63) is 39.6 Å². The number of rotatable bonds is 2. The van der Waals surface area contributed by atoms with Crippen LogP contribution in [0.3, 0.4) is 0 Å². The van der Waals surface area contributed by atoms with Crippen LogP contribution in [-0.2, 0) is 0 Å². The molecule has 1 unspecified atom stereocenters. The first-order chi connectivity index (χ1) is 10.1. The van der Waals surface area contributed by atoms with E-state index in [4.69, 9.17) is 0 Å². The van der Waals surface area contributed by atoms with E-state index in [2.05, 4.69) is 41.1 Å². The van der Waals surface area contributed by atoms with E-state index in [1.807, 2.05) is 18.3 Å². The highest BCUT2D eigenvalue weighted by atomic mass is 32.2. The zero-order valence-corrected chi connectivity index (χ0v) is 13.6. The van der Waals surface area contributed by atoms with E-state index in [-0.39, 0.29) is 0 Å². The van der Waals surface area contributed by atoms with E-state index in [9.17, 15) is 5.11 Å². The molecule has 1 aromatic heterocycles. The molecule has 0 aliphatic carbocycles. The fourth-order valence-electron chi connectivity index (χ4n) is 2.89. The molecule has 0 fully saturated rings. The minimum Gasteiger partial charge on any atom is -0.388 e. The van der Waals surface area contributed by atoms with Crippen molar-refractivity contribution in [2.45, 2.75) is 20.0 Å². The summed E-state index contributed by atoms with van der Waals surface area (Å²) in [6.45, 7) is 5.73. The molecule has 0 saturated carbocycles. The lowest BCUT2D eigenvalue weighted by Gasteiger charge is -2.18. The molecule has 0 amide bonds. The molecule has 108 valence electrons. The molecule has 3 heterocycles. The van der Waals surface area contributed by atoms with Gasteiger partial charge in [-0.15, -0.1) is 11.3 Å². The number of benzene rings is 1. The lowest BCUT2D eigenvalue weighted by Crippen LogP contribution is -2.20. The van der Waals surface area contributed by atoms with Crippen LogP contribution in [0.15, 0.2) is 34.2 Å². The van der Waals surface area contributed by atoms with Gasteiger partial charge >= 0.3 is 0 Å². The maximum Gasteiger partial charge on any atom is 0.168 e. The summed E-state index contributed by atoms with van der Waals surface area (Å²) in [7, 11) is 0. The number of nitrogens with zero attached hydrogens (tertiary/aromatic N) is 2. The number of thioether (sulfide) groups is 1. The number of amidine groups is 1. The molecule has 3 nitrogen and oxygen atoms in total. The third-order valence-corrected chi connectivity index (χ3v) is 6.10. The van der Waals surface area contributed by atoms with Crippen molar-refractivity contribution in [1.29, 1.82) is 0 Å². The van der Waals surface area contributed by atoms with Gasteiger partial charge in [0.05, 0.1) is 18.3 Å². The molecule has 0 saturated heterocycles. The molecule has 0 bridgehead atoms. The second-order valence-corrected chi connectivity index (χ2v) is 7.71. The van der Waals surface area contributed by atoms with Crippen molar-refractivity contribution < 1.29 is 5.11 Å². The molecular weight excluding hydrogens is 300 g/mol. The molecule has 4 rings (SSSR count). The topological polar surface area (TPSA) is 35.8 Å². The number of hydrogen-bond donors (Lipinski definition) is 1. The zero-order valence-electron chi connectivity index (χ0n) is 12.0. The Hall–Kier alpha value is -1.30. The molecule has 5 heteroatoms. The molecule has 0 radical (unpaired) electrons. The Balaban J connectivity index is 1.87. The minimum atomic E-state index is -0.459. The summed E-state index contributed by atoms with van der Waals surface area (Å²) in [4.78, 5) is 9.12. The smallest absolute Gasteiger partial charge is 0.168 e. The Kier molecular flexibility index (Phi) is 3.10. The number of aliphatic hydroxyl groups excluding tert-OH is 1. The highest BCUT2D eigenvalue weighted by molar-refractivity contribution is 8.17. The Morgan fingerprint density at radius 2 is 2.19 bits per heavy atom. The summed E-state index contributed by atoms with van der Waals surface area (Å²) < 4.78 is 1.30. The monoisotopic (exact) mass is 316 g/mol. The summed E-state index contributed by atoms with van der Waals surface area (Å²) >= 11 is 3.43. The van der Waals surface area contributed by atoms with Gasteiger partial charge < -0.3 is 10.0 Å². The van der Waals surface area contributed by atoms with Gasteiger partial charge in [0, 0.05) is 26.6 Å². The summed E-state index contributed by atoms with van der Waals surface area (Å²) in [6, 6.07) is 8.80. The molecule has 0 spiro atoms. The van der Waals surface area contributed by atoms with Crippen molar-refractivity contribution >= 4 is 44.0 Å². The fraction of sp³-hybridized carbons (Fsp3) is 0.312. The molecule has 21 heavy (non-hydrogen) atoms. The average Bonchev–Trinajstić information content (AvgIpc) is 3.08. The van der Waals surface area contributed by atoms with Gasteiger partial charge in [0.2, 0.25) is 0 Å². The first-order valence-electron chi connectivity index (χ1n) is 7.06. The van der Waals surface area contributed by atoms with Gasteiger partial charge in [-0.25, -0.2) is 0 Å². The summed E-state index contributed by atoms with van der Waals surface area (Å²) in [6.07, 6.45) is -0.459. The maximum atomic E-state index is 10.1. The quantitative estimate of drug-likeness (QED) is 0.918. The summed E-state index contributed by atoms with van der Waals surface area (Å²) in [5, 5.41) is 12.4. The number of aliphatic imine (C=N–C) groups is 1. The van der Waals surface area contributed by atoms with Crippen LogP contribution in [0.1, 0.15) is 17.4 Å². The maximum absolute atomic E-state index is 10.1. The van der Waals surface area contributed by atoms with Gasteiger partial charge in [0.25, 0.3) is 0 Å². The minimum absolute atomic E-state index is 0.459. The molecule has 2 aliphatic heterocycles. The molecule has 2 aliphatic rings. The van der Waals surface area contributed by atoms with Gasteiger partial charge in [0.15, 0.2) is 5.17 Å². The third-order valence-electron chi connectivity index (χ3n) is 3.80. The highest BCUT2D eigenvalue weighted by Gasteiger charge is 2.34. The van der Waals surface area contributed by atoms with E-state index in [0.717, 1.165) is 28.9 Å². The van der Waals surface area contributed by atoms with Gasteiger partial charge in [-0.05, 0) is 31.4 Å². The summed E-state index contributed by atoms with van der Waals surface area (Å²) in [5.74, 6) is 0. The van der Waals surface area contributed by atoms with Crippen LogP contribution in [0.2, 0.25) is 0 Å². The normalized spacial score (nSPS) is 19.4. The van der Waals surface area contributed by atoms with Crippen molar-refractivity contribution in [2.75, 3.05) is 13.1 Å². The predicted octanol–water partition coefficient (Wildman–Crippen LogP) is 3.68. The van der Waals surface area contributed by atoms with Gasteiger partial charge in [0.1, 0.15) is 0 Å². The lowest BCUT2D eigenvalue weighted by atomic mass is 10.1. The van der Waals surface area contributed by atoms with Gasteiger partial charge in [-0.1, -0.05) is 23.9 Å². The van der Waals surface area contributed by atoms with Crippen LogP contribution >= 0.6 is 23.1 Å². The molecule has 1 N–H and O–H groups in total. The second kappa shape index (κ2) is 4.87. The fourth-order valence-corrected chi connectivity index (χ4v) is 5.00. The predicted molar refractivity (Wildman–Crippen MR) is 91.8 cm³/mol. The Morgan fingerprint density at radius 3 is 3.00 bits per heavy atom. The first kappa shape index (κ1) is 13.4. The van der Waals surface area contributed by atoms with E-state index in [1.54, 1.807) is 11.8 Å². The van der Waals surface area contributed by atoms with Crippen molar-refractivity contribution in [3.8, 4) is 0 Å². The number of hydrogen-bond acceptors (Lipinski definition) is 5. The SMILES string of the molecule is Cc1cc2ccc(C3=C(C(C)O)SC4=NCCN43)cc2s1. The van der Waals surface area contributed by atoms with E-state index in [0.29, 0.717) is 0 Å². The number of fused-ring (bicyclic) bond motifs is 2. The van der Waals surface area contributed by atoms with Crippen LogP contribution < -0.4 is 0 Å². The molecule has 1 atom stereocenters. The molecule has 2 aromatic rings. The average molecular weight is 316 g/mol. The van der Waals surface area contributed by atoms with E-state index in [1.165, 1.54) is 20.5 Å². The van der Waals surface area contributed by atoms with Crippen molar-refractivity contribution in [3.63, 3.8) is 0 Å². The largest absolute Gasteiger partial charge is 0.388 e. The lowest BCUT2D eigenvalue weighted by molar-refractivity contribution is 0.240.